The Morgan fingerprint density at radius 3 is 2.25 bits per heavy atom. The van der Waals surface area contributed by atoms with Gasteiger partial charge in [0.15, 0.2) is 0 Å². The molecule has 0 saturated carbocycles. The lowest BCUT2D eigenvalue weighted by molar-refractivity contribution is -0.116. The second kappa shape index (κ2) is 8.36. The number of halogens is 1. The first-order valence-electron chi connectivity index (χ1n) is 7.62. The molecule has 2 amide bonds. The van der Waals surface area contributed by atoms with E-state index in [2.05, 4.69) is 16.0 Å². The third kappa shape index (κ3) is 5.28. The van der Waals surface area contributed by atoms with E-state index in [-0.39, 0.29) is 11.8 Å². The van der Waals surface area contributed by atoms with Crippen molar-refractivity contribution in [1.82, 2.24) is 0 Å². The molecule has 5 nitrogen and oxygen atoms in total. The maximum atomic E-state index is 12.0. The summed E-state index contributed by atoms with van der Waals surface area (Å²) in [5, 5.41) is 9.40. The number of nitrogens with one attached hydrogen (secondary N) is 3. The predicted molar refractivity (Wildman–Crippen MR) is 98.7 cm³/mol. The molecule has 0 radical (unpaired) electrons. The quantitative estimate of drug-likeness (QED) is 0.739. The Morgan fingerprint density at radius 2 is 1.62 bits per heavy atom. The second-order valence-corrected chi connectivity index (χ2v) is 5.80. The van der Waals surface area contributed by atoms with E-state index in [4.69, 9.17) is 11.6 Å². The van der Waals surface area contributed by atoms with Gasteiger partial charge in [0.1, 0.15) is 0 Å². The van der Waals surface area contributed by atoms with Crippen molar-refractivity contribution in [3.05, 3.63) is 53.1 Å². The van der Waals surface area contributed by atoms with Crippen LogP contribution in [0.25, 0.3) is 0 Å². The normalized spacial score (nSPS) is 10.1. The van der Waals surface area contributed by atoms with Gasteiger partial charge in [0.05, 0.1) is 0 Å². The highest BCUT2D eigenvalue weighted by atomic mass is 35.5. The monoisotopic (exact) mass is 345 g/mol. The minimum atomic E-state index is -0.130. The molecular formula is C18H20ClN3O2. The van der Waals surface area contributed by atoms with Crippen LogP contribution in [0, 0.1) is 6.92 Å². The Hall–Kier alpha value is -2.53. The molecule has 0 bridgehead atoms. The van der Waals surface area contributed by atoms with Gasteiger partial charge in [-0.05, 0) is 48.9 Å². The van der Waals surface area contributed by atoms with E-state index in [1.807, 2.05) is 25.1 Å². The molecule has 2 aromatic rings. The number of rotatable bonds is 6. The van der Waals surface area contributed by atoms with Crippen molar-refractivity contribution in [1.29, 1.82) is 0 Å². The van der Waals surface area contributed by atoms with Crippen molar-refractivity contribution in [3.8, 4) is 0 Å². The van der Waals surface area contributed by atoms with Crippen molar-refractivity contribution >= 4 is 40.5 Å². The van der Waals surface area contributed by atoms with Crippen LogP contribution >= 0.6 is 11.6 Å². The van der Waals surface area contributed by atoms with E-state index in [0.29, 0.717) is 29.4 Å². The summed E-state index contributed by atoms with van der Waals surface area (Å²) in [6.45, 7) is 3.89. The van der Waals surface area contributed by atoms with E-state index >= 15 is 0 Å². The molecule has 3 N–H and O–H groups in total. The third-order valence-electron chi connectivity index (χ3n) is 3.42. The molecule has 0 spiro atoms. The Bertz CT molecular complexity index is 730. The van der Waals surface area contributed by atoms with Crippen LogP contribution in [0.2, 0.25) is 5.02 Å². The fourth-order valence-corrected chi connectivity index (χ4v) is 2.35. The Labute approximate surface area is 146 Å². The van der Waals surface area contributed by atoms with Crippen LogP contribution in [0.4, 0.5) is 17.1 Å². The summed E-state index contributed by atoms with van der Waals surface area (Å²) in [7, 11) is 0. The van der Waals surface area contributed by atoms with Crippen LogP contribution < -0.4 is 16.0 Å². The molecule has 126 valence electrons. The van der Waals surface area contributed by atoms with Gasteiger partial charge in [0.2, 0.25) is 11.8 Å². The van der Waals surface area contributed by atoms with E-state index in [1.165, 1.54) is 6.92 Å². The molecule has 0 aliphatic rings. The minimum Gasteiger partial charge on any atom is -0.384 e. The molecule has 0 aliphatic carbocycles. The molecule has 24 heavy (non-hydrogen) atoms. The van der Waals surface area contributed by atoms with Gasteiger partial charge in [-0.1, -0.05) is 17.7 Å². The summed E-state index contributed by atoms with van der Waals surface area (Å²) in [5.74, 6) is -0.219. The molecule has 2 rings (SSSR count). The van der Waals surface area contributed by atoms with Crippen LogP contribution in [0.15, 0.2) is 42.5 Å². The molecule has 0 heterocycles. The van der Waals surface area contributed by atoms with E-state index in [1.54, 1.807) is 24.3 Å². The lowest BCUT2D eigenvalue weighted by Crippen LogP contribution is -2.16. The van der Waals surface area contributed by atoms with Gasteiger partial charge in [0.25, 0.3) is 0 Å². The second-order valence-electron chi connectivity index (χ2n) is 5.40. The summed E-state index contributed by atoms with van der Waals surface area (Å²) >= 11 is 6.06. The highest BCUT2D eigenvalue weighted by Crippen LogP contribution is 2.22. The van der Waals surface area contributed by atoms with Gasteiger partial charge in [-0.3, -0.25) is 9.59 Å². The van der Waals surface area contributed by atoms with Crippen molar-refractivity contribution in [2.24, 2.45) is 0 Å². The van der Waals surface area contributed by atoms with Gasteiger partial charge in [-0.15, -0.1) is 0 Å². The number of carbonyl (C=O) groups is 2. The Kier molecular flexibility index (Phi) is 6.21. The predicted octanol–water partition coefficient (Wildman–Crippen LogP) is 4.05. The topological polar surface area (TPSA) is 70.2 Å². The van der Waals surface area contributed by atoms with Gasteiger partial charge in [-0.25, -0.2) is 0 Å². The molecule has 0 unspecified atom stereocenters. The maximum Gasteiger partial charge on any atom is 0.226 e. The highest BCUT2D eigenvalue weighted by Gasteiger charge is 2.05. The van der Waals surface area contributed by atoms with Crippen LogP contribution in [0.3, 0.4) is 0 Å². The molecule has 0 aliphatic heterocycles. The Morgan fingerprint density at radius 1 is 1.00 bits per heavy atom. The number of amides is 2. The lowest BCUT2D eigenvalue weighted by Gasteiger charge is -2.11. The Balaban J connectivity index is 1.81. The first kappa shape index (κ1) is 17.8. The summed E-state index contributed by atoms with van der Waals surface area (Å²) in [5.41, 5.74) is 3.27. The molecule has 0 saturated heterocycles. The zero-order valence-corrected chi connectivity index (χ0v) is 14.4. The number of hydrogen-bond donors (Lipinski definition) is 3. The number of anilines is 3. The molecule has 6 heteroatoms. The average Bonchev–Trinajstić information content (AvgIpc) is 2.53. The van der Waals surface area contributed by atoms with E-state index in [9.17, 15) is 9.59 Å². The summed E-state index contributed by atoms with van der Waals surface area (Å²) in [6, 6.07) is 12.6. The summed E-state index contributed by atoms with van der Waals surface area (Å²) in [6.07, 6.45) is 0.333. The zero-order chi connectivity index (χ0) is 17.5. The molecule has 2 aromatic carbocycles. The molecule has 0 aromatic heterocycles. The summed E-state index contributed by atoms with van der Waals surface area (Å²) < 4.78 is 0. The van der Waals surface area contributed by atoms with Crippen molar-refractivity contribution in [2.45, 2.75) is 20.3 Å². The smallest absolute Gasteiger partial charge is 0.226 e. The van der Waals surface area contributed by atoms with Crippen LogP contribution in [0.1, 0.15) is 18.9 Å². The molecule has 0 fully saturated rings. The summed E-state index contributed by atoms with van der Waals surface area (Å²) in [4.78, 5) is 22.9. The maximum absolute atomic E-state index is 12.0. The zero-order valence-electron chi connectivity index (χ0n) is 13.7. The third-order valence-corrected chi connectivity index (χ3v) is 3.83. The number of carbonyl (C=O) groups excluding carboxylic acids is 2. The minimum absolute atomic E-state index is 0.0885. The van der Waals surface area contributed by atoms with E-state index < -0.39 is 0 Å². The molecular weight excluding hydrogens is 326 g/mol. The van der Waals surface area contributed by atoms with Gasteiger partial charge >= 0.3 is 0 Å². The average molecular weight is 346 g/mol. The fraction of sp³-hybridized carbons (Fsp3) is 0.222. The van der Waals surface area contributed by atoms with Crippen molar-refractivity contribution < 1.29 is 9.59 Å². The van der Waals surface area contributed by atoms with Gasteiger partial charge in [-0.2, -0.15) is 0 Å². The van der Waals surface area contributed by atoms with Crippen molar-refractivity contribution in [3.63, 3.8) is 0 Å². The standard InChI is InChI=1S/C18H20ClN3O2/c1-12-16(19)4-3-5-17(12)20-11-10-18(24)22-15-8-6-14(7-9-15)21-13(2)23/h3-9,20H,10-11H2,1-2H3,(H,21,23)(H,22,24). The van der Waals surface area contributed by atoms with Crippen LogP contribution in [0.5, 0.6) is 0 Å². The van der Waals surface area contributed by atoms with Crippen LogP contribution in [-0.4, -0.2) is 18.4 Å². The lowest BCUT2D eigenvalue weighted by atomic mass is 10.2. The van der Waals surface area contributed by atoms with Crippen LogP contribution in [-0.2, 0) is 9.59 Å². The number of benzene rings is 2. The SMILES string of the molecule is CC(=O)Nc1ccc(NC(=O)CCNc2cccc(Cl)c2C)cc1. The largest absolute Gasteiger partial charge is 0.384 e. The van der Waals surface area contributed by atoms with Crippen molar-refractivity contribution in [2.75, 3.05) is 22.5 Å². The first-order valence-corrected chi connectivity index (χ1v) is 8.00. The van der Waals surface area contributed by atoms with Gasteiger partial charge < -0.3 is 16.0 Å². The first-order chi connectivity index (χ1) is 11.5. The fourth-order valence-electron chi connectivity index (χ4n) is 2.17. The van der Waals surface area contributed by atoms with E-state index in [0.717, 1.165) is 11.3 Å². The molecule has 0 atom stereocenters. The number of hydrogen-bond acceptors (Lipinski definition) is 3. The highest BCUT2D eigenvalue weighted by molar-refractivity contribution is 6.31. The van der Waals surface area contributed by atoms with Gasteiger partial charge in [0, 0.05) is 42.0 Å².